The molecule has 1 aliphatic heterocycles. The van der Waals surface area contributed by atoms with Crippen LogP contribution in [0.2, 0.25) is 0 Å². The Kier molecular flexibility index (Phi) is 3.05. The quantitative estimate of drug-likeness (QED) is 0.818. The summed E-state index contributed by atoms with van der Waals surface area (Å²) in [5, 5.41) is 9.07. The highest BCUT2D eigenvalue weighted by Crippen LogP contribution is 2.33. The van der Waals surface area contributed by atoms with Gasteiger partial charge in [0, 0.05) is 0 Å². The number of hydrogen-bond donors (Lipinski definition) is 0. The van der Waals surface area contributed by atoms with Crippen molar-refractivity contribution < 1.29 is 17.9 Å². The van der Waals surface area contributed by atoms with E-state index in [0.29, 0.717) is 11.3 Å². The summed E-state index contributed by atoms with van der Waals surface area (Å²) in [6.45, 7) is 1.61. The number of nitriles is 1. The van der Waals surface area contributed by atoms with Crippen molar-refractivity contribution in [3.05, 3.63) is 23.8 Å². The summed E-state index contributed by atoms with van der Waals surface area (Å²) in [4.78, 5) is 0.130. The normalized spacial score (nSPS) is 17.6. The van der Waals surface area contributed by atoms with Crippen molar-refractivity contribution in [1.29, 1.82) is 5.26 Å². The molecule has 0 aromatic heterocycles. The van der Waals surface area contributed by atoms with Crippen LogP contribution in [0.3, 0.4) is 0 Å². The van der Waals surface area contributed by atoms with Crippen LogP contribution < -0.4 is 4.74 Å². The van der Waals surface area contributed by atoms with E-state index in [-0.39, 0.29) is 18.1 Å². The highest BCUT2D eigenvalue weighted by molar-refractivity contribution is 7.93. The van der Waals surface area contributed by atoms with Gasteiger partial charge in [-0.2, -0.15) is 5.26 Å². The number of methoxy groups -OCH3 is 1. The first-order chi connectivity index (χ1) is 8.47. The molecule has 0 radical (unpaired) electrons. The molecule has 0 amide bonds. The zero-order chi connectivity index (χ0) is 13.4. The minimum absolute atomic E-state index is 0.0725. The Hall–Kier alpha value is -1.58. The van der Waals surface area contributed by atoms with Gasteiger partial charge in [0.1, 0.15) is 5.75 Å². The zero-order valence-electron chi connectivity index (χ0n) is 10.1. The first-order valence-corrected chi connectivity index (χ1v) is 6.83. The predicted octanol–water partition coefficient (Wildman–Crippen LogP) is 1.07. The molecule has 1 fully saturated rings. The third-order valence-corrected chi connectivity index (χ3v) is 5.30. The number of aryl methyl sites for hydroxylation is 1. The standard InChI is InChI=1S/C12H13NO4S/c1-9-5-10(3-4-11(9)16-2)18(14,15)12(6-13)7-17-8-12/h3-5H,7-8H2,1-2H3. The molecule has 0 N–H and O–H groups in total. The molecular formula is C12H13NO4S. The van der Waals surface area contributed by atoms with E-state index in [1.807, 2.05) is 6.07 Å². The Bertz CT molecular complexity index is 611. The molecule has 0 spiro atoms. The maximum Gasteiger partial charge on any atom is 0.208 e. The van der Waals surface area contributed by atoms with Gasteiger partial charge < -0.3 is 9.47 Å². The molecular weight excluding hydrogens is 254 g/mol. The fraction of sp³-hybridized carbons (Fsp3) is 0.417. The van der Waals surface area contributed by atoms with E-state index in [4.69, 9.17) is 14.7 Å². The van der Waals surface area contributed by atoms with E-state index >= 15 is 0 Å². The molecule has 1 heterocycles. The van der Waals surface area contributed by atoms with Gasteiger partial charge in [-0.15, -0.1) is 0 Å². The van der Waals surface area contributed by atoms with Crippen molar-refractivity contribution >= 4 is 9.84 Å². The minimum atomic E-state index is -3.70. The smallest absolute Gasteiger partial charge is 0.208 e. The average molecular weight is 267 g/mol. The zero-order valence-corrected chi connectivity index (χ0v) is 11.0. The topological polar surface area (TPSA) is 76.4 Å². The monoisotopic (exact) mass is 267 g/mol. The molecule has 0 atom stereocenters. The van der Waals surface area contributed by atoms with Gasteiger partial charge in [-0.3, -0.25) is 0 Å². The van der Waals surface area contributed by atoms with Crippen molar-refractivity contribution in [1.82, 2.24) is 0 Å². The lowest BCUT2D eigenvalue weighted by atomic mass is 10.1. The Balaban J connectivity index is 2.49. The molecule has 0 aliphatic carbocycles. The second kappa shape index (κ2) is 4.26. The molecule has 1 saturated heterocycles. The second-order valence-electron chi connectivity index (χ2n) is 4.23. The largest absolute Gasteiger partial charge is 0.496 e. The molecule has 0 bridgehead atoms. The van der Waals surface area contributed by atoms with Gasteiger partial charge in [0.2, 0.25) is 14.6 Å². The Morgan fingerprint density at radius 3 is 2.50 bits per heavy atom. The van der Waals surface area contributed by atoms with Gasteiger partial charge in [0.05, 0.1) is 31.3 Å². The number of ether oxygens (including phenoxy) is 2. The fourth-order valence-electron chi connectivity index (χ4n) is 1.81. The molecule has 96 valence electrons. The summed E-state index contributed by atoms with van der Waals surface area (Å²) in [5.74, 6) is 0.616. The molecule has 1 aromatic carbocycles. The summed E-state index contributed by atoms with van der Waals surface area (Å²) in [6.07, 6.45) is 0. The van der Waals surface area contributed by atoms with E-state index in [9.17, 15) is 8.42 Å². The van der Waals surface area contributed by atoms with E-state index in [1.165, 1.54) is 19.2 Å². The van der Waals surface area contributed by atoms with Crippen LogP contribution in [-0.4, -0.2) is 33.5 Å². The maximum absolute atomic E-state index is 12.4. The summed E-state index contributed by atoms with van der Waals surface area (Å²) in [6, 6.07) is 6.42. The summed E-state index contributed by atoms with van der Waals surface area (Å²) >= 11 is 0. The van der Waals surface area contributed by atoms with Crippen LogP contribution in [0.4, 0.5) is 0 Å². The van der Waals surface area contributed by atoms with Crippen LogP contribution >= 0.6 is 0 Å². The minimum Gasteiger partial charge on any atom is -0.496 e. The van der Waals surface area contributed by atoms with Gasteiger partial charge in [-0.1, -0.05) is 0 Å². The molecule has 5 nitrogen and oxygen atoms in total. The summed E-state index contributed by atoms with van der Waals surface area (Å²) in [7, 11) is -2.18. The molecule has 0 saturated carbocycles. The molecule has 18 heavy (non-hydrogen) atoms. The Morgan fingerprint density at radius 2 is 2.11 bits per heavy atom. The maximum atomic E-state index is 12.4. The Morgan fingerprint density at radius 1 is 1.44 bits per heavy atom. The van der Waals surface area contributed by atoms with E-state index in [0.717, 1.165) is 0 Å². The first-order valence-electron chi connectivity index (χ1n) is 5.35. The lowest BCUT2D eigenvalue weighted by Gasteiger charge is -2.34. The number of hydrogen-bond acceptors (Lipinski definition) is 5. The lowest BCUT2D eigenvalue weighted by Crippen LogP contribution is -2.54. The van der Waals surface area contributed by atoms with Crippen molar-refractivity contribution in [2.24, 2.45) is 0 Å². The number of nitrogens with zero attached hydrogens (tertiary/aromatic N) is 1. The second-order valence-corrected chi connectivity index (χ2v) is 6.49. The number of rotatable bonds is 3. The molecule has 1 aliphatic rings. The van der Waals surface area contributed by atoms with Crippen LogP contribution in [-0.2, 0) is 14.6 Å². The SMILES string of the molecule is COc1ccc(S(=O)(=O)C2(C#N)COC2)cc1C. The van der Waals surface area contributed by atoms with Crippen molar-refractivity contribution in [3.63, 3.8) is 0 Å². The molecule has 6 heteroatoms. The molecule has 2 rings (SSSR count). The van der Waals surface area contributed by atoms with Crippen LogP contribution in [0, 0.1) is 18.3 Å². The summed E-state index contributed by atoms with van der Waals surface area (Å²) < 4.78 is 33.3. The average Bonchev–Trinajstić information content (AvgIpc) is 2.27. The van der Waals surface area contributed by atoms with Crippen molar-refractivity contribution in [3.8, 4) is 11.8 Å². The van der Waals surface area contributed by atoms with Gasteiger partial charge in [0.25, 0.3) is 0 Å². The molecule has 1 aromatic rings. The van der Waals surface area contributed by atoms with E-state index in [1.54, 1.807) is 13.0 Å². The highest BCUT2D eigenvalue weighted by Gasteiger charge is 2.52. The van der Waals surface area contributed by atoms with Crippen LogP contribution in [0.5, 0.6) is 5.75 Å². The summed E-state index contributed by atoms with van der Waals surface area (Å²) in [5.41, 5.74) is 0.715. The van der Waals surface area contributed by atoms with Gasteiger partial charge in [-0.05, 0) is 30.7 Å². The third-order valence-electron chi connectivity index (χ3n) is 3.07. The van der Waals surface area contributed by atoms with Crippen LogP contribution in [0.25, 0.3) is 0 Å². The Labute approximate surface area is 106 Å². The van der Waals surface area contributed by atoms with Crippen molar-refractivity contribution in [2.45, 2.75) is 16.6 Å². The van der Waals surface area contributed by atoms with E-state index < -0.39 is 14.6 Å². The van der Waals surface area contributed by atoms with Crippen LogP contribution in [0.15, 0.2) is 23.1 Å². The number of sulfone groups is 1. The van der Waals surface area contributed by atoms with E-state index in [2.05, 4.69) is 0 Å². The number of benzene rings is 1. The lowest BCUT2D eigenvalue weighted by molar-refractivity contribution is 0.0115. The third kappa shape index (κ3) is 1.67. The fourth-order valence-corrected chi connectivity index (χ4v) is 3.44. The van der Waals surface area contributed by atoms with Crippen LogP contribution in [0.1, 0.15) is 5.56 Å². The predicted molar refractivity (Wildman–Crippen MR) is 64.1 cm³/mol. The highest BCUT2D eigenvalue weighted by atomic mass is 32.2. The molecule has 0 unspecified atom stereocenters. The van der Waals surface area contributed by atoms with Crippen molar-refractivity contribution in [2.75, 3.05) is 20.3 Å². The van der Waals surface area contributed by atoms with Gasteiger partial charge >= 0.3 is 0 Å². The first kappa shape index (κ1) is 12.9. The van der Waals surface area contributed by atoms with Gasteiger partial charge in [0.15, 0.2) is 0 Å². The van der Waals surface area contributed by atoms with Gasteiger partial charge in [-0.25, -0.2) is 8.42 Å².